The third-order valence-electron chi connectivity index (χ3n) is 9.33. The van der Waals surface area contributed by atoms with E-state index in [4.69, 9.17) is 37.9 Å². The van der Waals surface area contributed by atoms with Crippen LogP contribution in [0.5, 0.6) is 0 Å². The average molecular weight is 757 g/mol. The predicted molar refractivity (Wildman–Crippen MR) is 150 cm³/mol. The number of carbonyl (C=O) groups is 1. The molecule has 4 aliphatic heterocycles. The molecule has 0 amide bonds. The van der Waals surface area contributed by atoms with Crippen molar-refractivity contribution in [2.75, 3.05) is 12.4 Å². The van der Waals surface area contributed by atoms with Crippen molar-refractivity contribution < 1.29 is 86.2 Å². The van der Waals surface area contributed by atoms with Gasteiger partial charge in [-0.2, -0.15) is 17.6 Å². The van der Waals surface area contributed by atoms with Gasteiger partial charge in [0.05, 0.1) is 28.9 Å². The molecule has 6 rings (SSSR count). The monoisotopic (exact) mass is 756 g/mol. The van der Waals surface area contributed by atoms with Crippen LogP contribution in [-0.2, 0) is 62.9 Å². The van der Waals surface area contributed by atoms with E-state index in [0.717, 1.165) is 0 Å². The van der Waals surface area contributed by atoms with Gasteiger partial charge < -0.3 is 47.0 Å². The number of hydrogen-bond donors (Lipinski definition) is 0. The number of esters is 1. The Morgan fingerprint density at radius 1 is 0.816 bits per heavy atom. The molecule has 0 aromatic carbocycles. The summed E-state index contributed by atoms with van der Waals surface area (Å²) in [6.07, 6.45) is -5.01. The Hall–Kier alpha value is -1.27. The Morgan fingerprint density at radius 2 is 1.41 bits per heavy atom. The number of halogens is 4. The van der Waals surface area contributed by atoms with Crippen molar-refractivity contribution in [3.63, 3.8) is 0 Å². The molecule has 2 saturated carbocycles. The molecule has 2 bridgehead atoms. The lowest BCUT2D eigenvalue weighted by Crippen LogP contribution is -2.55. The normalized spacial score (nSPS) is 38.9. The van der Waals surface area contributed by atoms with E-state index in [-0.39, 0.29) is 32.3 Å². The van der Waals surface area contributed by atoms with Crippen LogP contribution in [0.4, 0.5) is 17.6 Å². The van der Waals surface area contributed by atoms with E-state index in [1.807, 2.05) is 0 Å². The minimum absolute atomic E-state index is 0.115. The zero-order valence-electron chi connectivity index (χ0n) is 27.5. The molecule has 0 N–H and O–H groups in total. The lowest BCUT2D eigenvalue weighted by Gasteiger charge is -2.38. The fraction of sp³-hybridized carbons (Fsp3) is 0.964. The highest BCUT2D eigenvalue weighted by molar-refractivity contribution is 7.86. The van der Waals surface area contributed by atoms with Crippen molar-refractivity contribution in [1.29, 1.82) is 0 Å². The summed E-state index contributed by atoms with van der Waals surface area (Å²) in [4.78, 5) is 12.2. The summed E-state index contributed by atoms with van der Waals surface area (Å²) < 4.78 is 164. The number of rotatable bonds is 9. The molecule has 6 fully saturated rings. The fourth-order valence-electron chi connectivity index (χ4n) is 7.47. The van der Waals surface area contributed by atoms with Crippen LogP contribution in [0.3, 0.4) is 0 Å². The highest BCUT2D eigenvalue weighted by Crippen LogP contribution is 2.61. The summed E-state index contributed by atoms with van der Waals surface area (Å²) in [6, 6.07) is 0. The van der Waals surface area contributed by atoms with Gasteiger partial charge in [0.2, 0.25) is 0 Å². The molecule has 2 aliphatic carbocycles. The van der Waals surface area contributed by atoms with Gasteiger partial charge in [-0.1, -0.05) is 0 Å². The van der Waals surface area contributed by atoms with Gasteiger partial charge >= 0.3 is 17.1 Å². The number of alkyl halides is 4. The van der Waals surface area contributed by atoms with Crippen LogP contribution in [0, 0.1) is 17.8 Å². The van der Waals surface area contributed by atoms with Gasteiger partial charge in [-0.25, -0.2) is 16.8 Å². The molecule has 0 aromatic heterocycles. The van der Waals surface area contributed by atoms with Crippen LogP contribution < -0.4 is 0 Å². The lowest BCUT2D eigenvalue weighted by atomic mass is 9.81. The Kier molecular flexibility index (Phi) is 10.1. The van der Waals surface area contributed by atoms with Crippen LogP contribution in [0.15, 0.2) is 0 Å². The summed E-state index contributed by atoms with van der Waals surface area (Å²) in [5.74, 6) is -12.2. The van der Waals surface area contributed by atoms with Crippen molar-refractivity contribution in [2.45, 2.75) is 139 Å². The maximum absolute atomic E-state index is 14.1. The molecule has 10 unspecified atom stereocenters. The van der Waals surface area contributed by atoms with Crippen molar-refractivity contribution in [3.8, 4) is 0 Å². The quantitative estimate of drug-likeness (QED) is 0.188. The average Bonchev–Trinajstić information content (AvgIpc) is 3.73. The lowest BCUT2D eigenvalue weighted by molar-refractivity contribution is -0.235. The zero-order valence-corrected chi connectivity index (χ0v) is 29.1. The summed E-state index contributed by atoms with van der Waals surface area (Å²) in [5, 5.41) is -5.64. The third-order valence-corrected chi connectivity index (χ3v) is 11.0. The molecule has 0 spiro atoms. The molecule has 4 saturated heterocycles. The fourth-order valence-corrected chi connectivity index (χ4v) is 8.46. The summed E-state index contributed by atoms with van der Waals surface area (Å²) in [7, 11) is -10.8. The first kappa shape index (κ1) is 38.9. The van der Waals surface area contributed by atoms with E-state index in [1.165, 1.54) is 0 Å². The van der Waals surface area contributed by atoms with Crippen molar-refractivity contribution in [1.82, 2.24) is 0 Å². The van der Waals surface area contributed by atoms with Crippen LogP contribution in [0.25, 0.3) is 0 Å². The minimum Gasteiger partial charge on any atom is -0.748 e. The minimum atomic E-state index is -6.46. The summed E-state index contributed by atoms with van der Waals surface area (Å²) in [6.45, 7) is 10.4. The molecule has 10 atom stereocenters. The van der Waals surface area contributed by atoms with E-state index in [2.05, 4.69) is 0 Å². The second-order valence-electron chi connectivity index (χ2n) is 14.4. The highest BCUT2D eigenvalue weighted by Gasteiger charge is 2.73. The maximum atomic E-state index is 14.1. The molecular formula is C28H40F4O15S2-2. The smallest absolute Gasteiger partial charge is 0.396 e. The molecule has 0 aromatic rings. The molecule has 4 heterocycles. The molecular weight excluding hydrogens is 716 g/mol. The molecule has 21 heteroatoms. The molecule has 6 aliphatic rings. The molecule has 0 radical (unpaired) electrons. The standard InChI is InChI=1S/C16H26O10S.C12H16F4O5S/c1-15(2)21-8-9(24-15)11-12(13-14(23-11)26-16(3,4)25-13)22-10(17)6-5-7-27(18,19)20;1-10(2)20-8-5-3-6(9(8)21-10)7(4-5)11(13,14)12(15,16)22(17,18)19/h9,11-14H,5-8H2,1-4H3,(H,18,19,20);5-9H,3-4H2,1-2H3,(H,17,18,19)/p-2. The number of fused-ring (bicyclic) bond motifs is 6. The number of hydrogen-bond acceptors (Lipinski definition) is 15. The topological polar surface area (TPSA) is 205 Å². The number of carbonyl (C=O) groups excluding carboxylic acids is 1. The Balaban J connectivity index is 0.000000195. The third kappa shape index (κ3) is 7.91. The van der Waals surface area contributed by atoms with Crippen molar-refractivity contribution in [2.24, 2.45) is 17.8 Å². The molecule has 284 valence electrons. The Bertz CT molecular complexity index is 1490. The first-order chi connectivity index (χ1) is 22.1. The van der Waals surface area contributed by atoms with Crippen LogP contribution in [0.2, 0.25) is 0 Å². The number of ether oxygens (including phenoxy) is 8. The van der Waals surface area contributed by atoms with E-state index in [1.54, 1.807) is 41.5 Å². The second kappa shape index (κ2) is 12.7. The van der Waals surface area contributed by atoms with Gasteiger partial charge in [-0.3, -0.25) is 4.79 Å². The zero-order chi connectivity index (χ0) is 36.8. The van der Waals surface area contributed by atoms with E-state index in [9.17, 15) is 48.3 Å². The van der Waals surface area contributed by atoms with Crippen LogP contribution >= 0.6 is 0 Å². The molecule has 15 nitrogen and oxygen atoms in total. The van der Waals surface area contributed by atoms with Gasteiger partial charge in [-0.05, 0) is 72.6 Å². The Morgan fingerprint density at radius 3 is 1.98 bits per heavy atom. The van der Waals surface area contributed by atoms with Crippen LogP contribution in [-0.4, -0.2) is 116 Å². The molecule has 49 heavy (non-hydrogen) atoms. The SMILES string of the molecule is CC1(C)OC2C3CC(C2O1)C(C(F)(F)C(F)(F)S(=O)(=O)[O-])C3.CC1(C)OCC(C2OC3OC(C)(C)OC3C2OC(=O)CCCS(=O)(=O)[O-])O1. The maximum Gasteiger partial charge on any atom is 0.396 e. The highest BCUT2D eigenvalue weighted by atomic mass is 32.2. The first-order valence-electron chi connectivity index (χ1n) is 15.7. The van der Waals surface area contributed by atoms with Gasteiger partial charge in [0.1, 0.15) is 12.2 Å². The van der Waals surface area contributed by atoms with Crippen molar-refractivity contribution in [3.05, 3.63) is 0 Å². The summed E-state index contributed by atoms with van der Waals surface area (Å²) in [5.41, 5.74) is 0. The Labute approximate surface area is 281 Å². The summed E-state index contributed by atoms with van der Waals surface area (Å²) >= 11 is 0. The van der Waals surface area contributed by atoms with E-state index in [0.29, 0.717) is 0 Å². The van der Waals surface area contributed by atoms with Crippen molar-refractivity contribution >= 4 is 26.2 Å². The second-order valence-corrected chi connectivity index (χ2v) is 17.4. The van der Waals surface area contributed by atoms with Gasteiger partial charge in [0.25, 0.3) is 0 Å². The van der Waals surface area contributed by atoms with Gasteiger partial charge in [-0.15, -0.1) is 0 Å². The predicted octanol–water partition coefficient (Wildman–Crippen LogP) is 2.19. The van der Waals surface area contributed by atoms with E-state index < -0.39 is 121 Å². The van der Waals surface area contributed by atoms with Gasteiger partial charge in [0, 0.05) is 18.1 Å². The van der Waals surface area contributed by atoms with Gasteiger partial charge in [0.15, 0.2) is 46.0 Å². The largest absolute Gasteiger partial charge is 0.748 e. The first-order valence-corrected chi connectivity index (χ1v) is 18.6. The van der Waals surface area contributed by atoms with Crippen LogP contribution in [0.1, 0.15) is 67.2 Å². The van der Waals surface area contributed by atoms with E-state index >= 15 is 0 Å².